The zero-order valence-electron chi connectivity index (χ0n) is 11.8. The Bertz CT molecular complexity index is 850. The first-order valence-corrected chi connectivity index (χ1v) is 7.11. The number of nitrogens with zero attached hydrogens (tertiary/aromatic N) is 4. The molecule has 0 bridgehead atoms. The summed E-state index contributed by atoms with van der Waals surface area (Å²) in [5.74, 6) is -0.263. The standard InChI is InChI=1S/C13H14N6OS/c1-6-7(2)17-18-13-9(6)10(14)11(21-13)12(20)16-8-4-15-19(3)5-8/h4-5H,14H2,1-3H3,(H,16,20). The molecule has 7 nitrogen and oxygen atoms in total. The summed E-state index contributed by atoms with van der Waals surface area (Å²) >= 11 is 1.24. The third-order valence-electron chi connectivity index (χ3n) is 3.30. The molecule has 3 rings (SSSR count). The Hall–Kier alpha value is -2.48. The van der Waals surface area contributed by atoms with Crippen molar-refractivity contribution >= 4 is 38.8 Å². The van der Waals surface area contributed by atoms with Gasteiger partial charge >= 0.3 is 0 Å². The predicted molar refractivity (Wildman–Crippen MR) is 82.5 cm³/mol. The van der Waals surface area contributed by atoms with Crippen LogP contribution in [0.5, 0.6) is 0 Å². The Morgan fingerprint density at radius 1 is 1.38 bits per heavy atom. The Labute approximate surface area is 124 Å². The molecule has 3 N–H and O–H groups in total. The van der Waals surface area contributed by atoms with E-state index in [0.29, 0.717) is 21.1 Å². The molecule has 0 saturated carbocycles. The van der Waals surface area contributed by atoms with Crippen LogP contribution >= 0.6 is 11.3 Å². The lowest BCUT2D eigenvalue weighted by atomic mass is 10.1. The van der Waals surface area contributed by atoms with Crippen molar-refractivity contribution in [1.29, 1.82) is 0 Å². The Kier molecular flexibility index (Phi) is 3.09. The van der Waals surface area contributed by atoms with E-state index in [4.69, 9.17) is 5.73 Å². The average molecular weight is 302 g/mol. The summed E-state index contributed by atoms with van der Waals surface area (Å²) < 4.78 is 1.61. The van der Waals surface area contributed by atoms with Gasteiger partial charge in [-0.1, -0.05) is 0 Å². The number of nitrogens with one attached hydrogen (secondary N) is 1. The summed E-state index contributed by atoms with van der Waals surface area (Å²) in [6, 6.07) is 0. The van der Waals surface area contributed by atoms with Crippen LogP contribution in [0.25, 0.3) is 10.2 Å². The summed E-state index contributed by atoms with van der Waals surface area (Å²) in [4.78, 5) is 13.5. The average Bonchev–Trinajstić information content (AvgIpc) is 2.98. The van der Waals surface area contributed by atoms with Gasteiger partial charge < -0.3 is 11.1 Å². The van der Waals surface area contributed by atoms with Crippen molar-refractivity contribution in [3.05, 3.63) is 28.5 Å². The van der Waals surface area contributed by atoms with Gasteiger partial charge in [-0.2, -0.15) is 10.2 Å². The number of amides is 1. The van der Waals surface area contributed by atoms with E-state index in [1.54, 1.807) is 24.1 Å². The smallest absolute Gasteiger partial charge is 0.268 e. The highest BCUT2D eigenvalue weighted by Crippen LogP contribution is 2.35. The molecule has 0 aromatic carbocycles. The van der Waals surface area contributed by atoms with Crippen molar-refractivity contribution in [2.24, 2.45) is 7.05 Å². The van der Waals surface area contributed by atoms with E-state index in [1.165, 1.54) is 11.3 Å². The fourth-order valence-corrected chi connectivity index (χ4v) is 3.08. The number of carbonyl (C=O) groups excluding carboxylic acids is 1. The van der Waals surface area contributed by atoms with Crippen LogP contribution in [0.2, 0.25) is 0 Å². The quantitative estimate of drug-likeness (QED) is 0.753. The van der Waals surface area contributed by atoms with Crippen molar-refractivity contribution < 1.29 is 4.79 Å². The molecule has 0 aliphatic rings. The largest absolute Gasteiger partial charge is 0.397 e. The minimum atomic E-state index is -0.263. The van der Waals surface area contributed by atoms with E-state index in [-0.39, 0.29) is 5.91 Å². The third-order valence-corrected chi connectivity index (χ3v) is 4.39. The SMILES string of the molecule is Cc1nnc2sc(C(=O)Nc3cnn(C)c3)c(N)c2c1C. The summed E-state index contributed by atoms with van der Waals surface area (Å²) in [5.41, 5.74) is 8.97. The van der Waals surface area contributed by atoms with E-state index in [1.807, 2.05) is 13.8 Å². The number of aromatic nitrogens is 4. The van der Waals surface area contributed by atoms with E-state index in [0.717, 1.165) is 16.6 Å². The predicted octanol–water partition coefficient (Wildman–Crippen LogP) is 1.88. The van der Waals surface area contributed by atoms with Gasteiger partial charge in [0.15, 0.2) is 0 Å². The van der Waals surface area contributed by atoms with Gasteiger partial charge in [0, 0.05) is 18.6 Å². The molecule has 108 valence electrons. The number of hydrogen-bond acceptors (Lipinski definition) is 6. The highest BCUT2D eigenvalue weighted by atomic mass is 32.1. The molecule has 0 spiro atoms. The molecular weight excluding hydrogens is 288 g/mol. The van der Waals surface area contributed by atoms with E-state index in [2.05, 4.69) is 20.6 Å². The van der Waals surface area contributed by atoms with Gasteiger partial charge in [0.05, 0.1) is 23.3 Å². The Morgan fingerprint density at radius 2 is 2.14 bits per heavy atom. The number of carbonyl (C=O) groups is 1. The molecule has 3 aromatic rings. The first kappa shape index (κ1) is 13.5. The summed E-state index contributed by atoms with van der Waals surface area (Å²) in [6.07, 6.45) is 3.30. The van der Waals surface area contributed by atoms with Crippen LogP contribution in [0.4, 0.5) is 11.4 Å². The minimum absolute atomic E-state index is 0.263. The topological polar surface area (TPSA) is 98.7 Å². The summed E-state index contributed by atoms with van der Waals surface area (Å²) in [6.45, 7) is 3.80. The number of rotatable bonds is 2. The summed E-state index contributed by atoms with van der Waals surface area (Å²) in [5, 5.41) is 15.8. The third kappa shape index (κ3) is 2.23. The molecule has 21 heavy (non-hydrogen) atoms. The zero-order valence-corrected chi connectivity index (χ0v) is 12.7. The van der Waals surface area contributed by atoms with E-state index >= 15 is 0 Å². The van der Waals surface area contributed by atoms with Crippen LogP contribution < -0.4 is 11.1 Å². The van der Waals surface area contributed by atoms with Gasteiger partial charge in [-0.05, 0) is 19.4 Å². The Balaban J connectivity index is 2.02. The van der Waals surface area contributed by atoms with Crippen LogP contribution in [0.15, 0.2) is 12.4 Å². The van der Waals surface area contributed by atoms with Crippen molar-refractivity contribution in [1.82, 2.24) is 20.0 Å². The molecule has 0 aliphatic carbocycles. The van der Waals surface area contributed by atoms with Crippen LogP contribution in [-0.2, 0) is 7.05 Å². The van der Waals surface area contributed by atoms with Gasteiger partial charge in [-0.25, -0.2) is 0 Å². The van der Waals surface area contributed by atoms with Gasteiger partial charge in [0.2, 0.25) is 0 Å². The number of fused-ring (bicyclic) bond motifs is 1. The second-order valence-electron chi connectivity index (χ2n) is 4.79. The van der Waals surface area contributed by atoms with Crippen LogP contribution in [0, 0.1) is 13.8 Å². The van der Waals surface area contributed by atoms with Gasteiger partial charge in [-0.3, -0.25) is 9.48 Å². The second kappa shape index (κ2) is 4.81. The van der Waals surface area contributed by atoms with Crippen LogP contribution in [0.1, 0.15) is 20.9 Å². The lowest BCUT2D eigenvalue weighted by Crippen LogP contribution is -2.11. The Morgan fingerprint density at radius 3 is 2.81 bits per heavy atom. The molecule has 8 heteroatoms. The van der Waals surface area contributed by atoms with Crippen molar-refractivity contribution in [2.75, 3.05) is 11.1 Å². The minimum Gasteiger partial charge on any atom is -0.397 e. The van der Waals surface area contributed by atoms with Gasteiger partial charge in [0.25, 0.3) is 5.91 Å². The molecule has 3 heterocycles. The van der Waals surface area contributed by atoms with Crippen LogP contribution in [0.3, 0.4) is 0 Å². The fourth-order valence-electron chi connectivity index (χ4n) is 2.08. The molecule has 0 atom stereocenters. The molecule has 0 radical (unpaired) electrons. The number of thiophene rings is 1. The fraction of sp³-hybridized carbons (Fsp3) is 0.231. The maximum Gasteiger partial charge on any atom is 0.268 e. The first-order valence-electron chi connectivity index (χ1n) is 6.29. The van der Waals surface area contributed by atoms with Crippen molar-refractivity contribution in [3.8, 4) is 0 Å². The molecule has 1 amide bonds. The van der Waals surface area contributed by atoms with Gasteiger partial charge in [0.1, 0.15) is 9.71 Å². The molecule has 0 aliphatic heterocycles. The number of hydrogen-bond donors (Lipinski definition) is 2. The monoisotopic (exact) mass is 302 g/mol. The lowest BCUT2D eigenvalue weighted by Gasteiger charge is -2.02. The zero-order chi connectivity index (χ0) is 15.1. The van der Waals surface area contributed by atoms with Crippen molar-refractivity contribution in [2.45, 2.75) is 13.8 Å². The molecule has 3 aromatic heterocycles. The highest BCUT2D eigenvalue weighted by molar-refractivity contribution is 7.21. The molecular formula is C13H14N6OS. The maximum absolute atomic E-state index is 12.3. The highest BCUT2D eigenvalue weighted by Gasteiger charge is 2.20. The number of aryl methyl sites for hydroxylation is 3. The second-order valence-corrected chi connectivity index (χ2v) is 5.79. The normalized spacial score (nSPS) is 11.0. The number of nitrogens with two attached hydrogens (primary N) is 1. The molecule has 0 saturated heterocycles. The number of nitrogen functional groups attached to an aromatic ring is 1. The first-order chi connectivity index (χ1) is 9.97. The number of anilines is 2. The van der Waals surface area contributed by atoms with E-state index < -0.39 is 0 Å². The molecule has 0 fully saturated rings. The lowest BCUT2D eigenvalue weighted by molar-refractivity contribution is 0.103. The van der Waals surface area contributed by atoms with Crippen LogP contribution in [-0.4, -0.2) is 25.9 Å². The summed E-state index contributed by atoms with van der Waals surface area (Å²) in [7, 11) is 1.78. The van der Waals surface area contributed by atoms with Gasteiger partial charge in [-0.15, -0.1) is 16.4 Å². The maximum atomic E-state index is 12.3. The van der Waals surface area contributed by atoms with E-state index in [9.17, 15) is 4.79 Å². The molecule has 0 unspecified atom stereocenters. The van der Waals surface area contributed by atoms with Crippen molar-refractivity contribution in [3.63, 3.8) is 0 Å².